The molecule has 3 amide bonds. The minimum absolute atomic E-state index is 0.143. The molecule has 0 radical (unpaired) electrons. The van der Waals surface area contributed by atoms with Crippen molar-refractivity contribution in [2.75, 3.05) is 38.6 Å². The number of nitrogens with one attached hydrogen (secondary N) is 1. The van der Waals surface area contributed by atoms with Crippen molar-refractivity contribution in [1.82, 2.24) is 9.80 Å². The summed E-state index contributed by atoms with van der Waals surface area (Å²) in [6, 6.07) is 2.32. The summed E-state index contributed by atoms with van der Waals surface area (Å²) in [5.74, 6) is -0.422. The SMILES string of the molecule is COC(=O)N1CCN(C(=O)Nc2cc(C)c(F)cc2Cl)CC1. The third kappa shape index (κ3) is 3.59. The van der Waals surface area contributed by atoms with E-state index in [9.17, 15) is 14.0 Å². The van der Waals surface area contributed by atoms with Crippen molar-refractivity contribution in [3.05, 3.63) is 28.5 Å². The van der Waals surface area contributed by atoms with E-state index in [1.807, 2.05) is 0 Å². The van der Waals surface area contributed by atoms with Gasteiger partial charge < -0.3 is 19.9 Å². The van der Waals surface area contributed by atoms with Crippen molar-refractivity contribution in [3.63, 3.8) is 0 Å². The van der Waals surface area contributed by atoms with Crippen LogP contribution in [0, 0.1) is 12.7 Å². The van der Waals surface area contributed by atoms with Gasteiger partial charge >= 0.3 is 12.1 Å². The Morgan fingerprint density at radius 3 is 2.41 bits per heavy atom. The monoisotopic (exact) mass is 329 g/mol. The number of benzene rings is 1. The Labute approximate surface area is 132 Å². The highest BCUT2D eigenvalue weighted by atomic mass is 35.5. The zero-order chi connectivity index (χ0) is 16.3. The van der Waals surface area contributed by atoms with E-state index in [0.29, 0.717) is 37.4 Å². The van der Waals surface area contributed by atoms with Gasteiger partial charge in [-0.2, -0.15) is 0 Å². The number of amides is 3. The molecule has 1 saturated heterocycles. The number of urea groups is 1. The first-order chi connectivity index (χ1) is 10.4. The van der Waals surface area contributed by atoms with Crippen LogP contribution in [0.3, 0.4) is 0 Å². The molecule has 0 aromatic heterocycles. The number of rotatable bonds is 1. The van der Waals surface area contributed by atoms with Crippen molar-refractivity contribution < 1.29 is 18.7 Å². The van der Waals surface area contributed by atoms with Crippen LogP contribution in [0.5, 0.6) is 0 Å². The Kier molecular flexibility index (Phi) is 5.07. The number of carbonyl (C=O) groups excluding carboxylic acids is 2. The molecule has 0 atom stereocenters. The Hall–Kier alpha value is -2.02. The zero-order valence-corrected chi connectivity index (χ0v) is 13.1. The van der Waals surface area contributed by atoms with E-state index >= 15 is 0 Å². The second-order valence-electron chi connectivity index (χ2n) is 4.96. The zero-order valence-electron chi connectivity index (χ0n) is 12.4. The third-order valence-electron chi connectivity index (χ3n) is 3.49. The van der Waals surface area contributed by atoms with Crippen LogP contribution in [0.15, 0.2) is 12.1 Å². The van der Waals surface area contributed by atoms with E-state index < -0.39 is 11.9 Å². The first kappa shape index (κ1) is 16.4. The molecular weight excluding hydrogens is 313 g/mol. The van der Waals surface area contributed by atoms with Crippen LogP contribution in [0.1, 0.15) is 5.56 Å². The molecule has 1 aliphatic rings. The topological polar surface area (TPSA) is 61.9 Å². The molecule has 0 aliphatic carbocycles. The van der Waals surface area contributed by atoms with Gasteiger partial charge in [0.2, 0.25) is 0 Å². The highest BCUT2D eigenvalue weighted by Gasteiger charge is 2.24. The second kappa shape index (κ2) is 6.83. The largest absolute Gasteiger partial charge is 0.453 e. The molecule has 22 heavy (non-hydrogen) atoms. The summed E-state index contributed by atoms with van der Waals surface area (Å²) in [5, 5.41) is 2.80. The molecule has 1 N–H and O–H groups in total. The molecule has 1 aromatic rings. The molecule has 1 aromatic carbocycles. The first-order valence-corrected chi connectivity index (χ1v) is 7.14. The normalized spacial score (nSPS) is 14.7. The van der Waals surface area contributed by atoms with Crippen molar-refractivity contribution in [2.45, 2.75) is 6.92 Å². The van der Waals surface area contributed by atoms with Crippen molar-refractivity contribution in [3.8, 4) is 0 Å². The van der Waals surface area contributed by atoms with Crippen LogP contribution in [-0.4, -0.2) is 55.2 Å². The lowest BCUT2D eigenvalue weighted by Gasteiger charge is -2.33. The molecule has 1 aliphatic heterocycles. The van der Waals surface area contributed by atoms with Crippen molar-refractivity contribution >= 4 is 29.4 Å². The number of piperazine rings is 1. The van der Waals surface area contributed by atoms with Crippen LogP contribution in [0.25, 0.3) is 0 Å². The molecule has 120 valence electrons. The van der Waals surface area contributed by atoms with Gasteiger partial charge in [-0.1, -0.05) is 11.6 Å². The van der Waals surface area contributed by atoms with Crippen LogP contribution in [-0.2, 0) is 4.74 Å². The summed E-state index contributed by atoms with van der Waals surface area (Å²) in [7, 11) is 1.32. The Bertz CT molecular complexity index is 589. The Morgan fingerprint density at radius 2 is 1.82 bits per heavy atom. The maximum Gasteiger partial charge on any atom is 0.409 e. The number of anilines is 1. The summed E-state index contributed by atoms with van der Waals surface area (Å²) in [4.78, 5) is 26.7. The van der Waals surface area contributed by atoms with Gasteiger partial charge in [0.1, 0.15) is 5.82 Å². The van der Waals surface area contributed by atoms with Crippen molar-refractivity contribution in [1.29, 1.82) is 0 Å². The summed E-state index contributed by atoms with van der Waals surface area (Å²) < 4.78 is 18.0. The third-order valence-corrected chi connectivity index (χ3v) is 3.80. The molecular formula is C14H17ClFN3O3. The maximum atomic E-state index is 13.3. The number of hydrogen-bond donors (Lipinski definition) is 1. The fraction of sp³-hybridized carbons (Fsp3) is 0.429. The molecule has 8 heteroatoms. The van der Waals surface area contributed by atoms with Crippen LogP contribution in [0.4, 0.5) is 19.7 Å². The average molecular weight is 330 g/mol. The number of methoxy groups -OCH3 is 1. The number of halogens is 2. The lowest BCUT2D eigenvalue weighted by molar-refractivity contribution is 0.0993. The van der Waals surface area contributed by atoms with E-state index in [-0.39, 0.29) is 11.1 Å². The maximum absolute atomic E-state index is 13.3. The quantitative estimate of drug-likeness (QED) is 0.861. The van der Waals surface area contributed by atoms with E-state index in [2.05, 4.69) is 10.1 Å². The van der Waals surface area contributed by atoms with E-state index in [1.54, 1.807) is 11.8 Å². The lowest BCUT2D eigenvalue weighted by atomic mass is 10.2. The lowest BCUT2D eigenvalue weighted by Crippen LogP contribution is -2.51. The molecule has 0 spiro atoms. The molecule has 0 saturated carbocycles. The smallest absolute Gasteiger partial charge is 0.409 e. The van der Waals surface area contributed by atoms with Gasteiger partial charge in [-0.05, 0) is 24.6 Å². The van der Waals surface area contributed by atoms with E-state index in [4.69, 9.17) is 11.6 Å². The highest BCUT2D eigenvalue weighted by molar-refractivity contribution is 6.33. The number of carbonyl (C=O) groups is 2. The summed E-state index contributed by atoms with van der Waals surface area (Å²) in [5.41, 5.74) is 0.760. The van der Waals surface area contributed by atoms with Crippen LogP contribution in [0.2, 0.25) is 5.02 Å². The number of aryl methyl sites for hydroxylation is 1. The van der Waals surface area contributed by atoms with Crippen LogP contribution >= 0.6 is 11.6 Å². The van der Waals surface area contributed by atoms with Crippen molar-refractivity contribution in [2.24, 2.45) is 0 Å². The standard InChI is InChI=1S/C14H17ClFN3O3/c1-9-7-12(10(15)8-11(9)16)17-13(20)18-3-5-19(6-4-18)14(21)22-2/h7-8H,3-6H2,1-2H3,(H,17,20). The van der Waals surface area contributed by atoms with Gasteiger partial charge in [-0.3, -0.25) is 0 Å². The number of nitrogens with zero attached hydrogens (tertiary/aromatic N) is 2. The fourth-order valence-corrected chi connectivity index (χ4v) is 2.37. The van der Waals surface area contributed by atoms with Gasteiger partial charge in [0.25, 0.3) is 0 Å². The predicted molar refractivity (Wildman–Crippen MR) is 80.7 cm³/mol. The molecule has 0 unspecified atom stereocenters. The molecule has 6 nitrogen and oxygen atoms in total. The van der Waals surface area contributed by atoms with Gasteiger partial charge in [0.05, 0.1) is 17.8 Å². The van der Waals surface area contributed by atoms with Gasteiger partial charge in [-0.25, -0.2) is 14.0 Å². The second-order valence-corrected chi connectivity index (χ2v) is 5.36. The summed E-state index contributed by atoms with van der Waals surface area (Å²) >= 11 is 5.93. The predicted octanol–water partition coefficient (Wildman–Crippen LogP) is 2.70. The van der Waals surface area contributed by atoms with Gasteiger partial charge in [-0.15, -0.1) is 0 Å². The van der Waals surface area contributed by atoms with Gasteiger partial charge in [0, 0.05) is 26.2 Å². The minimum atomic E-state index is -0.422. The average Bonchev–Trinajstić information content (AvgIpc) is 2.52. The Morgan fingerprint density at radius 1 is 1.23 bits per heavy atom. The summed E-state index contributed by atoms with van der Waals surface area (Å²) in [6.07, 6.45) is -0.405. The number of hydrogen-bond acceptors (Lipinski definition) is 3. The van der Waals surface area contributed by atoms with Gasteiger partial charge in [0.15, 0.2) is 0 Å². The molecule has 0 bridgehead atoms. The highest BCUT2D eigenvalue weighted by Crippen LogP contribution is 2.25. The molecule has 1 fully saturated rings. The Balaban J connectivity index is 1.97. The van der Waals surface area contributed by atoms with Crippen LogP contribution < -0.4 is 5.32 Å². The summed E-state index contributed by atoms with van der Waals surface area (Å²) in [6.45, 7) is 3.17. The first-order valence-electron chi connectivity index (χ1n) is 6.77. The van der Waals surface area contributed by atoms with E-state index in [0.717, 1.165) is 0 Å². The molecule has 2 rings (SSSR count). The molecule has 1 heterocycles. The minimum Gasteiger partial charge on any atom is -0.453 e. The van der Waals surface area contributed by atoms with E-state index in [1.165, 1.54) is 24.1 Å². The fourth-order valence-electron chi connectivity index (χ4n) is 2.17. The number of ether oxygens (including phenoxy) is 1.